The smallest absolute Gasteiger partial charge is 0.335 e. The number of benzene rings is 2. The lowest BCUT2D eigenvalue weighted by atomic mass is 10.1. The van der Waals surface area contributed by atoms with E-state index in [-0.39, 0.29) is 23.6 Å². The van der Waals surface area contributed by atoms with E-state index in [2.05, 4.69) is 10.6 Å². The molecule has 0 saturated carbocycles. The van der Waals surface area contributed by atoms with Crippen LogP contribution in [0.1, 0.15) is 42.3 Å². The summed E-state index contributed by atoms with van der Waals surface area (Å²) in [5, 5.41) is 15.7. The Kier molecular flexibility index (Phi) is 6.91. The van der Waals surface area contributed by atoms with Gasteiger partial charge < -0.3 is 20.5 Å². The molecule has 6 nitrogen and oxygen atoms in total. The first-order valence-corrected chi connectivity index (χ1v) is 9.23. The van der Waals surface area contributed by atoms with Gasteiger partial charge in [0.15, 0.2) is 6.61 Å². The molecule has 2 aromatic carbocycles. The molecule has 0 unspecified atom stereocenters. The number of aromatic carboxylic acids is 1. The molecule has 0 aliphatic heterocycles. The Morgan fingerprint density at radius 1 is 1.14 bits per heavy atom. The number of rotatable bonds is 7. The highest BCUT2D eigenvalue weighted by molar-refractivity contribution is 6.30. The van der Waals surface area contributed by atoms with Crippen molar-refractivity contribution in [1.82, 2.24) is 5.32 Å². The highest BCUT2D eigenvalue weighted by Crippen LogP contribution is 2.25. The lowest BCUT2D eigenvalue weighted by Crippen LogP contribution is -2.43. The van der Waals surface area contributed by atoms with Crippen molar-refractivity contribution in [3.05, 3.63) is 58.1 Å². The number of anilines is 1. The van der Waals surface area contributed by atoms with E-state index < -0.39 is 5.97 Å². The number of hydrogen-bond acceptors (Lipinski definition) is 4. The molecule has 0 saturated heterocycles. The topological polar surface area (TPSA) is 87.7 Å². The van der Waals surface area contributed by atoms with Gasteiger partial charge in [0.2, 0.25) is 0 Å². The van der Waals surface area contributed by atoms with E-state index >= 15 is 0 Å². The van der Waals surface area contributed by atoms with Crippen LogP contribution in [0.15, 0.2) is 36.4 Å². The molecule has 0 bridgehead atoms. The van der Waals surface area contributed by atoms with Crippen molar-refractivity contribution in [1.29, 1.82) is 0 Å². The van der Waals surface area contributed by atoms with Gasteiger partial charge in [-0.05, 0) is 69.7 Å². The van der Waals surface area contributed by atoms with Crippen LogP contribution in [0.2, 0.25) is 5.02 Å². The van der Waals surface area contributed by atoms with Crippen LogP contribution < -0.4 is 15.4 Å². The van der Waals surface area contributed by atoms with Crippen LogP contribution in [-0.4, -0.2) is 29.1 Å². The Bertz CT molecular complexity index is 875. The summed E-state index contributed by atoms with van der Waals surface area (Å²) >= 11 is 6.11. The first-order chi connectivity index (χ1) is 13.0. The minimum absolute atomic E-state index is 0.0990. The first kappa shape index (κ1) is 21.6. The molecule has 0 radical (unpaired) electrons. The third-order valence-corrected chi connectivity index (χ3v) is 4.07. The van der Waals surface area contributed by atoms with Crippen LogP contribution in [-0.2, 0) is 11.3 Å². The lowest BCUT2D eigenvalue weighted by molar-refractivity contribution is -0.124. The Balaban J connectivity index is 2.08. The molecule has 2 aromatic rings. The summed E-state index contributed by atoms with van der Waals surface area (Å²) in [5.41, 5.74) is 2.32. The number of carboxylic acids is 1. The van der Waals surface area contributed by atoms with Crippen LogP contribution in [0.5, 0.6) is 5.75 Å². The van der Waals surface area contributed by atoms with Crippen LogP contribution in [0.25, 0.3) is 0 Å². The van der Waals surface area contributed by atoms with Crippen molar-refractivity contribution in [2.75, 3.05) is 11.9 Å². The molecule has 28 heavy (non-hydrogen) atoms. The van der Waals surface area contributed by atoms with Gasteiger partial charge in [-0.25, -0.2) is 4.79 Å². The van der Waals surface area contributed by atoms with Crippen molar-refractivity contribution < 1.29 is 19.4 Å². The quantitative estimate of drug-likeness (QED) is 0.642. The molecule has 0 atom stereocenters. The summed E-state index contributed by atoms with van der Waals surface area (Å²) in [6.07, 6.45) is 0. The van der Waals surface area contributed by atoms with Gasteiger partial charge in [0.1, 0.15) is 5.75 Å². The molecule has 0 aliphatic carbocycles. The number of nitrogens with one attached hydrogen (secondary N) is 2. The second-order valence-corrected chi connectivity index (χ2v) is 7.96. The van der Waals surface area contributed by atoms with Crippen LogP contribution in [0.4, 0.5) is 5.69 Å². The Labute approximate surface area is 169 Å². The van der Waals surface area contributed by atoms with E-state index in [1.807, 2.05) is 27.7 Å². The van der Waals surface area contributed by atoms with Crippen molar-refractivity contribution in [3.8, 4) is 5.75 Å². The molecular weight excluding hydrogens is 380 g/mol. The van der Waals surface area contributed by atoms with Crippen LogP contribution in [0, 0.1) is 6.92 Å². The predicted molar refractivity (Wildman–Crippen MR) is 110 cm³/mol. The van der Waals surface area contributed by atoms with E-state index in [1.54, 1.807) is 36.4 Å². The van der Waals surface area contributed by atoms with Crippen molar-refractivity contribution in [3.63, 3.8) is 0 Å². The zero-order chi connectivity index (χ0) is 20.9. The summed E-state index contributed by atoms with van der Waals surface area (Å²) < 4.78 is 5.68. The monoisotopic (exact) mass is 404 g/mol. The zero-order valence-electron chi connectivity index (χ0n) is 16.4. The van der Waals surface area contributed by atoms with Crippen molar-refractivity contribution in [2.45, 2.75) is 39.8 Å². The van der Waals surface area contributed by atoms with Gasteiger partial charge in [-0.1, -0.05) is 11.6 Å². The highest BCUT2D eigenvalue weighted by Gasteiger charge is 2.15. The Morgan fingerprint density at radius 2 is 1.86 bits per heavy atom. The largest absolute Gasteiger partial charge is 0.483 e. The number of carbonyl (C=O) groups excluding carboxylic acids is 1. The maximum atomic E-state index is 12.0. The van der Waals surface area contributed by atoms with Crippen LogP contribution >= 0.6 is 11.6 Å². The summed E-state index contributed by atoms with van der Waals surface area (Å²) in [6.45, 7) is 7.85. The van der Waals surface area contributed by atoms with Gasteiger partial charge in [0, 0.05) is 28.4 Å². The molecule has 0 aliphatic rings. The average molecular weight is 405 g/mol. The molecule has 0 heterocycles. The zero-order valence-corrected chi connectivity index (χ0v) is 17.2. The van der Waals surface area contributed by atoms with E-state index in [1.165, 1.54) is 0 Å². The minimum atomic E-state index is -0.964. The van der Waals surface area contributed by atoms with Crippen molar-refractivity contribution >= 4 is 29.2 Å². The second kappa shape index (κ2) is 8.97. The van der Waals surface area contributed by atoms with E-state index in [4.69, 9.17) is 21.4 Å². The summed E-state index contributed by atoms with van der Waals surface area (Å²) in [5.74, 6) is -0.615. The number of carboxylic acid groups (broad SMARTS) is 1. The molecule has 150 valence electrons. The van der Waals surface area contributed by atoms with Gasteiger partial charge in [0.05, 0.1) is 5.56 Å². The number of aryl methyl sites for hydroxylation is 1. The standard InChI is InChI=1S/C21H25ClN2O4/c1-13-9-14(20(26)27)5-7-17(13)23-11-15-10-16(22)6-8-18(15)28-12-19(25)24-21(2,3)4/h5-10,23H,11-12H2,1-4H3,(H,24,25)(H,26,27). The maximum Gasteiger partial charge on any atom is 0.335 e. The summed E-state index contributed by atoms with van der Waals surface area (Å²) in [7, 11) is 0. The van der Waals surface area contributed by atoms with E-state index in [0.717, 1.165) is 16.8 Å². The molecule has 0 aromatic heterocycles. The van der Waals surface area contributed by atoms with Gasteiger partial charge in [0.25, 0.3) is 5.91 Å². The number of hydrogen-bond donors (Lipinski definition) is 3. The van der Waals surface area contributed by atoms with Crippen molar-refractivity contribution in [2.24, 2.45) is 0 Å². The summed E-state index contributed by atoms with van der Waals surface area (Å²) in [4.78, 5) is 23.1. The summed E-state index contributed by atoms with van der Waals surface area (Å²) in [6, 6.07) is 10.1. The van der Waals surface area contributed by atoms with E-state index in [0.29, 0.717) is 17.3 Å². The minimum Gasteiger partial charge on any atom is -0.483 e. The number of halogens is 1. The normalized spacial score (nSPS) is 11.0. The predicted octanol–water partition coefficient (Wildman–Crippen LogP) is 4.25. The van der Waals surface area contributed by atoms with Crippen LogP contribution in [0.3, 0.4) is 0 Å². The fraction of sp³-hybridized carbons (Fsp3) is 0.333. The van der Waals surface area contributed by atoms with Gasteiger partial charge in [-0.2, -0.15) is 0 Å². The molecule has 0 spiro atoms. The highest BCUT2D eigenvalue weighted by atomic mass is 35.5. The van der Waals surface area contributed by atoms with Gasteiger partial charge in [-0.3, -0.25) is 4.79 Å². The Morgan fingerprint density at radius 3 is 2.46 bits per heavy atom. The van der Waals surface area contributed by atoms with Gasteiger partial charge in [-0.15, -0.1) is 0 Å². The molecular formula is C21H25ClN2O4. The third kappa shape index (κ3) is 6.46. The first-order valence-electron chi connectivity index (χ1n) is 8.85. The fourth-order valence-corrected chi connectivity index (χ4v) is 2.80. The Hall–Kier alpha value is -2.73. The lowest BCUT2D eigenvalue weighted by Gasteiger charge is -2.21. The molecule has 7 heteroatoms. The molecule has 1 amide bonds. The maximum absolute atomic E-state index is 12.0. The van der Waals surface area contributed by atoms with E-state index in [9.17, 15) is 9.59 Å². The SMILES string of the molecule is Cc1cc(C(=O)O)ccc1NCc1cc(Cl)ccc1OCC(=O)NC(C)(C)C. The fourth-order valence-electron chi connectivity index (χ4n) is 2.61. The molecule has 2 rings (SSSR count). The number of carbonyl (C=O) groups is 2. The number of amides is 1. The molecule has 3 N–H and O–H groups in total. The second-order valence-electron chi connectivity index (χ2n) is 7.53. The van der Waals surface area contributed by atoms with Gasteiger partial charge >= 0.3 is 5.97 Å². The average Bonchev–Trinajstić information content (AvgIpc) is 2.58. The number of ether oxygens (including phenoxy) is 1. The molecule has 0 fully saturated rings. The third-order valence-electron chi connectivity index (χ3n) is 3.84.